The predicted octanol–water partition coefficient (Wildman–Crippen LogP) is -0.326. The normalized spacial score (nSPS) is 21.1. The summed E-state index contributed by atoms with van der Waals surface area (Å²) in [5.41, 5.74) is 0. The summed E-state index contributed by atoms with van der Waals surface area (Å²) in [4.78, 5) is 10.5. The molecule has 0 aromatic rings. The van der Waals surface area contributed by atoms with Gasteiger partial charge in [-0.2, -0.15) is 0 Å². The van der Waals surface area contributed by atoms with Gasteiger partial charge in [-0.05, 0) is 0 Å². The van der Waals surface area contributed by atoms with Gasteiger partial charge in [-0.15, -0.1) is 0 Å². The molecule has 0 radical (unpaired) electrons. The van der Waals surface area contributed by atoms with Crippen LogP contribution in [0.5, 0.6) is 0 Å². The standard InChI is InChI=1S/C8H15NO3/c10-6-5-9(7-8(11)12)3-1-2-4-9/h10H,1-7H2/p+1. The fourth-order valence-corrected chi connectivity index (χ4v) is 1.97. The molecule has 4 heteroatoms. The number of carbonyl (C=O) groups is 1. The van der Waals surface area contributed by atoms with E-state index in [1.165, 1.54) is 0 Å². The van der Waals surface area contributed by atoms with Crippen molar-refractivity contribution < 1.29 is 19.5 Å². The van der Waals surface area contributed by atoms with Crippen molar-refractivity contribution in [1.82, 2.24) is 0 Å². The van der Waals surface area contributed by atoms with Gasteiger partial charge in [0, 0.05) is 12.8 Å². The molecule has 0 atom stereocenters. The Morgan fingerprint density at radius 2 is 1.92 bits per heavy atom. The highest BCUT2D eigenvalue weighted by Gasteiger charge is 2.33. The zero-order valence-electron chi connectivity index (χ0n) is 7.20. The van der Waals surface area contributed by atoms with Crippen LogP contribution in [0.3, 0.4) is 0 Å². The van der Waals surface area contributed by atoms with E-state index in [4.69, 9.17) is 10.2 Å². The van der Waals surface area contributed by atoms with E-state index in [1.54, 1.807) is 0 Å². The summed E-state index contributed by atoms with van der Waals surface area (Å²) in [6.07, 6.45) is 2.18. The van der Waals surface area contributed by atoms with Crippen molar-refractivity contribution in [2.45, 2.75) is 12.8 Å². The van der Waals surface area contributed by atoms with Gasteiger partial charge in [0.05, 0.1) is 19.7 Å². The predicted molar refractivity (Wildman–Crippen MR) is 43.7 cm³/mol. The number of carboxylic acid groups (broad SMARTS) is 1. The lowest BCUT2D eigenvalue weighted by Gasteiger charge is -2.31. The van der Waals surface area contributed by atoms with Crippen molar-refractivity contribution in [2.24, 2.45) is 0 Å². The Hall–Kier alpha value is -0.610. The second kappa shape index (κ2) is 3.87. The largest absolute Gasteiger partial charge is 0.477 e. The zero-order valence-corrected chi connectivity index (χ0v) is 7.20. The summed E-state index contributed by atoms with van der Waals surface area (Å²) in [6.45, 7) is 2.67. The van der Waals surface area contributed by atoms with Crippen LogP contribution in [0.2, 0.25) is 0 Å². The van der Waals surface area contributed by atoms with E-state index < -0.39 is 5.97 Å². The van der Waals surface area contributed by atoms with E-state index in [-0.39, 0.29) is 13.2 Å². The van der Waals surface area contributed by atoms with Gasteiger partial charge in [-0.25, -0.2) is 4.79 Å². The molecule has 1 heterocycles. The first-order valence-electron chi connectivity index (χ1n) is 4.36. The molecule has 1 fully saturated rings. The van der Waals surface area contributed by atoms with Crippen LogP contribution in [-0.4, -0.2) is 53.5 Å². The first-order valence-corrected chi connectivity index (χ1v) is 4.36. The first-order chi connectivity index (χ1) is 5.68. The maximum Gasteiger partial charge on any atom is 0.359 e. The van der Waals surface area contributed by atoms with E-state index in [9.17, 15) is 4.79 Å². The van der Waals surface area contributed by atoms with E-state index in [0.717, 1.165) is 25.9 Å². The molecule has 0 aromatic carbocycles. The summed E-state index contributed by atoms with van der Waals surface area (Å²) >= 11 is 0. The Morgan fingerprint density at radius 3 is 2.33 bits per heavy atom. The van der Waals surface area contributed by atoms with Gasteiger partial charge in [-0.1, -0.05) is 0 Å². The van der Waals surface area contributed by atoms with E-state index in [2.05, 4.69) is 0 Å². The summed E-state index contributed by atoms with van der Waals surface area (Å²) in [7, 11) is 0. The van der Waals surface area contributed by atoms with Crippen LogP contribution >= 0.6 is 0 Å². The molecule has 1 aliphatic rings. The highest BCUT2D eigenvalue weighted by Crippen LogP contribution is 2.18. The molecule has 0 bridgehead atoms. The molecule has 70 valence electrons. The number of aliphatic hydroxyl groups is 1. The number of aliphatic hydroxyl groups excluding tert-OH is 1. The summed E-state index contributed by atoms with van der Waals surface area (Å²) in [5.74, 6) is -0.759. The van der Waals surface area contributed by atoms with Crippen molar-refractivity contribution >= 4 is 5.97 Å². The van der Waals surface area contributed by atoms with Crippen LogP contribution in [-0.2, 0) is 4.79 Å². The van der Waals surface area contributed by atoms with Gasteiger partial charge in [0.2, 0.25) is 0 Å². The number of hydrogen-bond acceptors (Lipinski definition) is 2. The van der Waals surface area contributed by atoms with Gasteiger partial charge in [0.15, 0.2) is 6.54 Å². The van der Waals surface area contributed by atoms with Crippen LogP contribution in [0.15, 0.2) is 0 Å². The highest BCUT2D eigenvalue weighted by atomic mass is 16.4. The molecular weight excluding hydrogens is 158 g/mol. The minimum atomic E-state index is -0.759. The van der Waals surface area contributed by atoms with Crippen molar-refractivity contribution in [3.63, 3.8) is 0 Å². The fourth-order valence-electron chi connectivity index (χ4n) is 1.97. The Morgan fingerprint density at radius 1 is 1.33 bits per heavy atom. The molecule has 12 heavy (non-hydrogen) atoms. The fraction of sp³-hybridized carbons (Fsp3) is 0.875. The average molecular weight is 174 g/mol. The Kier molecular flexibility index (Phi) is 3.05. The van der Waals surface area contributed by atoms with E-state index in [1.807, 2.05) is 0 Å². The second-order valence-corrected chi connectivity index (χ2v) is 3.50. The van der Waals surface area contributed by atoms with Crippen LogP contribution in [0.1, 0.15) is 12.8 Å². The molecule has 1 saturated heterocycles. The monoisotopic (exact) mass is 174 g/mol. The Bertz CT molecular complexity index is 164. The first kappa shape index (κ1) is 9.48. The number of hydrogen-bond donors (Lipinski definition) is 2. The maximum atomic E-state index is 10.5. The van der Waals surface area contributed by atoms with Crippen LogP contribution < -0.4 is 0 Å². The number of rotatable bonds is 4. The summed E-state index contributed by atoms with van der Waals surface area (Å²) in [5, 5.41) is 17.5. The highest BCUT2D eigenvalue weighted by molar-refractivity contribution is 5.67. The van der Waals surface area contributed by atoms with Crippen molar-refractivity contribution in [3.8, 4) is 0 Å². The number of nitrogens with zero attached hydrogens (tertiary/aromatic N) is 1. The third-order valence-electron chi connectivity index (χ3n) is 2.56. The molecule has 0 saturated carbocycles. The Balaban J connectivity index is 2.52. The van der Waals surface area contributed by atoms with Crippen molar-refractivity contribution in [2.75, 3.05) is 32.8 Å². The molecule has 0 aromatic heterocycles. The summed E-state index contributed by atoms with van der Waals surface area (Å²) in [6, 6.07) is 0. The minimum Gasteiger partial charge on any atom is -0.477 e. The lowest BCUT2D eigenvalue weighted by atomic mass is 10.4. The molecule has 0 unspecified atom stereocenters. The Labute approximate surface area is 72.0 Å². The molecular formula is C8H16NO3+. The molecule has 0 amide bonds. The quantitative estimate of drug-likeness (QED) is 0.574. The van der Waals surface area contributed by atoms with Gasteiger partial charge in [0.1, 0.15) is 6.54 Å². The molecule has 0 spiro atoms. The lowest BCUT2D eigenvalue weighted by molar-refractivity contribution is -0.910. The molecule has 2 N–H and O–H groups in total. The topological polar surface area (TPSA) is 57.5 Å². The van der Waals surface area contributed by atoms with E-state index in [0.29, 0.717) is 11.0 Å². The van der Waals surface area contributed by atoms with Gasteiger partial charge >= 0.3 is 5.97 Å². The SMILES string of the molecule is O=C(O)C[N+]1(CCO)CCCC1. The minimum absolute atomic E-state index is 0.0906. The zero-order chi connectivity index (χ0) is 9.03. The lowest BCUT2D eigenvalue weighted by Crippen LogP contribution is -2.50. The maximum absolute atomic E-state index is 10.5. The summed E-state index contributed by atoms with van der Waals surface area (Å²) < 4.78 is 0.575. The molecule has 4 nitrogen and oxygen atoms in total. The molecule has 1 rings (SSSR count). The van der Waals surface area contributed by atoms with Crippen LogP contribution in [0.25, 0.3) is 0 Å². The van der Waals surface area contributed by atoms with Crippen LogP contribution in [0, 0.1) is 0 Å². The van der Waals surface area contributed by atoms with Crippen LogP contribution in [0.4, 0.5) is 0 Å². The van der Waals surface area contributed by atoms with Crippen molar-refractivity contribution in [1.29, 1.82) is 0 Å². The smallest absolute Gasteiger partial charge is 0.359 e. The van der Waals surface area contributed by atoms with Gasteiger partial charge in [-0.3, -0.25) is 0 Å². The van der Waals surface area contributed by atoms with E-state index >= 15 is 0 Å². The molecule has 0 aliphatic carbocycles. The number of carboxylic acids is 1. The number of likely N-dealkylation sites (tertiary alicyclic amines) is 1. The molecule has 1 aliphatic heterocycles. The second-order valence-electron chi connectivity index (χ2n) is 3.50. The third kappa shape index (κ3) is 2.19. The van der Waals surface area contributed by atoms with Crippen molar-refractivity contribution in [3.05, 3.63) is 0 Å². The number of aliphatic carboxylic acids is 1. The average Bonchev–Trinajstić information content (AvgIpc) is 2.36. The number of quaternary nitrogens is 1. The van der Waals surface area contributed by atoms with Gasteiger partial charge < -0.3 is 14.7 Å². The third-order valence-corrected chi connectivity index (χ3v) is 2.56. The van der Waals surface area contributed by atoms with Gasteiger partial charge in [0.25, 0.3) is 0 Å².